The van der Waals surface area contributed by atoms with Gasteiger partial charge in [0.05, 0.1) is 7.11 Å². The van der Waals surface area contributed by atoms with Crippen molar-refractivity contribution in [2.24, 2.45) is 0 Å². The SMILES string of the molecule is CCNC(c1ccc(OC)cc1)C(C)N(C)C1CCCC1. The van der Waals surface area contributed by atoms with E-state index in [2.05, 4.69) is 55.4 Å². The fourth-order valence-corrected chi connectivity index (χ4v) is 3.48. The van der Waals surface area contributed by atoms with Crippen LogP contribution >= 0.6 is 0 Å². The van der Waals surface area contributed by atoms with Gasteiger partial charge in [-0.1, -0.05) is 31.9 Å². The van der Waals surface area contributed by atoms with E-state index in [4.69, 9.17) is 4.74 Å². The molecule has 0 aromatic heterocycles. The summed E-state index contributed by atoms with van der Waals surface area (Å²) in [4.78, 5) is 2.57. The average Bonchev–Trinajstić information content (AvgIpc) is 3.06. The van der Waals surface area contributed by atoms with Gasteiger partial charge in [-0.05, 0) is 51.1 Å². The maximum absolute atomic E-state index is 5.27. The Morgan fingerprint density at radius 2 is 1.86 bits per heavy atom. The quantitative estimate of drug-likeness (QED) is 0.830. The summed E-state index contributed by atoms with van der Waals surface area (Å²) in [5.41, 5.74) is 1.34. The highest BCUT2D eigenvalue weighted by Gasteiger charge is 2.28. The number of rotatable bonds is 7. The molecule has 3 heteroatoms. The summed E-state index contributed by atoms with van der Waals surface area (Å²) in [6.07, 6.45) is 5.47. The molecular weight excluding hydrogens is 260 g/mol. The van der Waals surface area contributed by atoms with Gasteiger partial charge < -0.3 is 10.1 Å². The zero-order valence-electron chi connectivity index (χ0n) is 13.9. The van der Waals surface area contributed by atoms with Crippen LogP contribution in [0.2, 0.25) is 0 Å². The molecular formula is C18H30N2O. The van der Waals surface area contributed by atoms with Gasteiger partial charge in [0.25, 0.3) is 0 Å². The zero-order valence-corrected chi connectivity index (χ0v) is 13.9. The lowest BCUT2D eigenvalue weighted by Crippen LogP contribution is -2.45. The van der Waals surface area contributed by atoms with Crippen LogP contribution in [0.5, 0.6) is 5.75 Å². The third kappa shape index (κ3) is 3.98. The first-order valence-electron chi connectivity index (χ1n) is 8.26. The topological polar surface area (TPSA) is 24.5 Å². The summed E-state index contributed by atoms with van der Waals surface area (Å²) in [5.74, 6) is 0.922. The van der Waals surface area contributed by atoms with Crippen molar-refractivity contribution in [2.45, 2.75) is 57.7 Å². The Balaban J connectivity index is 2.11. The van der Waals surface area contributed by atoms with Gasteiger partial charge in [-0.3, -0.25) is 4.90 Å². The summed E-state index contributed by atoms with van der Waals surface area (Å²) < 4.78 is 5.27. The highest BCUT2D eigenvalue weighted by atomic mass is 16.5. The van der Waals surface area contributed by atoms with Crippen LogP contribution in [-0.4, -0.2) is 37.7 Å². The Morgan fingerprint density at radius 1 is 1.24 bits per heavy atom. The molecule has 1 aliphatic rings. The summed E-state index contributed by atoms with van der Waals surface area (Å²) in [5, 5.41) is 3.66. The van der Waals surface area contributed by atoms with Crippen molar-refractivity contribution in [1.29, 1.82) is 0 Å². The largest absolute Gasteiger partial charge is 0.497 e. The van der Waals surface area contributed by atoms with Gasteiger partial charge in [0.15, 0.2) is 0 Å². The number of nitrogens with zero attached hydrogens (tertiary/aromatic N) is 1. The molecule has 118 valence electrons. The van der Waals surface area contributed by atoms with Crippen LogP contribution in [0.25, 0.3) is 0 Å². The van der Waals surface area contributed by atoms with Gasteiger partial charge in [0, 0.05) is 18.1 Å². The Labute approximate surface area is 129 Å². The third-order valence-electron chi connectivity index (χ3n) is 4.92. The second-order valence-electron chi connectivity index (χ2n) is 6.15. The van der Waals surface area contributed by atoms with Gasteiger partial charge in [0.2, 0.25) is 0 Å². The van der Waals surface area contributed by atoms with Crippen LogP contribution in [0.4, 0.5) is 0 Å². The van der Waals surface area contributed by atoms with E-state index in [1.165, 1.54) is 31.2 Å². The molecule has 0 saturated heterocycles. The normalized spacial score (nSPS) is 18.9. The Hall–Kier alpha value is -1.06. The minimum absolute atomic E-state index is 0.367. The molecule has 0 aliphatic heterocycles. The van der Waals surface area contributed by atoms with Crippen LogP contribution < -0.4 is 10.1 Å². The van der Waals surface area contributed by atoms with Crippen LogP contribution in [-0.2, 0) is 0 Å². The Morgan fingerprint density at radius 3 is 2.38 bits per heavy atom. The van der Waals surface area contributed by atoms with Crippen LogP contribution in [0.3, 0.4) is 0 Å². The van der Waals surface area contributed by atoms with Crippen LogP contribution in [0.15, 0.2) is 24.3 Å². The predicted molar refractivity (Wildman–Crippen MR) is 88.9 cm³/mol. The number of benzene rings is 1. The van der Waals surface area contributed by atoms with Crippen molar-refractivity contribution in [3.8, 4) is 5.75 Å². The lowest BCUT2D eigenvalue weighted by Gasteiger charge is -2.36. The van der Waals surface area contributed by atoms with Gasteiger partial charge in [-0.2, -0.15) is 0 Å². The van der Waals surface area contributed by atoms with Crippen molar-refractivity contribution in [2.75, 3.05) is 20.7 Å². The number of hydrogen-bond donors (Lipinski definition) is 1. The fraction of sp³-hybridized carbons (Fsp3) is 0.667. The van der Waals surface area contributed by atoms with E-state index in [1.807, 2.05) is 0 Å². The lowest BCUT2D eigenvalue weighted by atomic mass is 9.97. The van der Waals surface area contributed by atoms with Crippen molar-refractivity contribution >= 4 is 0 Å². The molecule has 2 unspecified atom stereocenters. The van der Waals surface area contributed by atoms with Gasteiger partial charge >= 0.3 is 0 Å². The number of methoxy groups -OCH3 is 1. The van der Waals surface area contributed by atoms with E-state index >= 15 is 0 Å². The maximum Gasteiger partial charge on any atom is 0.118 e. The lowest BCUT2D eigenvalue weighted by molar-refractivity contribution is 0.151. The second kappa shape index (κ2) is 7.81. The molecule has 1 saturated carbocycles. The molecule has 1 aliphatic carbocycles. The highest BCUT2D eigenvalue weighted by Crippen LogP contribution is 2.29. The van der Waals surface area contributed by atoms with Crippen molar-refractivity contribution in [3.05, 3.63) is 29.8 Å². The van der Waals surface area contributed by atoms with Crippen LogP contribution in [0.1, 0.15) is 51.1 Å². The molecule has 1 aromatic carbocycles. The number of likely N-dealkylation sites (N-methyl/N-ethyl adjacent to an activating group) is 2. The van der Waals surface area contributed by atoms with Crippen molar-refractivity contribution < 1.29 is 4.74 Å². The standard InChI is InChI=1S/C18H30N2O/c1-5-19-18(15-10-12-17(21-4)13-11-15)14(2)20(3)16-8-6-7-9-16/h10-14,16,18-19H,5-9H2,1-4H3. The smallest absolute Gasteiger partial charge is 0.118 e. The van der Waals surface area contributed by atoms with E-state index in [9.17, 15) is 0 Å². The molecule has 3 nitrogen and oxygen atoms in total. The summed E-state index contributed by atoms with van der Waals surface area (Å²) in [6, 6.07) is 10.1. The first-order chi connectivity index (χ1) is 10.2. The minimum Gasteiger partial charge on any atom is -0.497 e. The average molecular weight is 290 g/mol. The first kappa shape index (κ1) is 16.3. The van der Waals surface area contributed by atoms with Crippen LogP contribution in [0, 0.1) is 0 Å². The van der Waals surface area contributed by atoms with Crippen molar-refractivity contribution in [1.82, 2.24) is 10.2 Å². The summed E-state index contributed by atoms with van der Waals surface area (Å²) in [7, 11) is 4.00. The molecule has 1 fully saturated rings. The first-order valence-corrected chi connectivity index (χ1v) is 8.26. The second-order valence-corrected chi connectivity index (χ2v) is 6.15. The molecule has 21 heavy (non-hydrogen) atoms. The molecule has 0 spiro atoms. The zero-order chi connectivity index (χ0) is 15.2. The monoisotopic (exact) mass is 290 g/mol. The highest BCUT2D eigenvalue weighted by molar-refractivity contribution is 5.30. The maximum atomic E-state index is 5.27. The number of hydrogen-bond acceptors (Lipinski definition) is 3. The van der Waals surface area contributed by atoms with E-state index in [0.29, 0.717) is 12.1 Å². The Kier molecular flexibility index (Phi) is 6.07. The molecule has 1 N–H and O–H groups in total. The molecule has 0 bridgehead atoms. The summed E-state index contributed by atoms with van der Waals surface area (Å²) in [6.45, 7) is 5.51. The predicted octanol–water partition coefficient (Wildman–Crippen LogP) is 3.61. The van der Waals surface area contributed by atoms with E-state index in [0.717, 1.165) is 18.3 Å². The summed E-state index contributed by atoms with van der Waals surface area (Å²) >= 11 is 0. The molecule has 0 heterocycles. The van der Waals surface area contributed by atoms with E-state index in [-0.39, 0.29) is 0 Å². The molecule has 0 radical (unpaired) electrons. The van der Waals surface area contributed by atoms with Gasteiger partial charge in [-0.25, -0.2) is 0 Å². The van der Waals surface area contributed by atoms with E-state index in [1.54, 1.807) is 7.11 Å². The van der Waals surface area contributed by atoms with Crippen molar-refractivity contribution in [3.63, 3.8) is 0 Å². The number of nitrogens with one attached hydrogen (secondary N) is 1. The van der Waals surface area contributed by atoms with Gasteiger partial charge in [-0.15, -0.1) is 0 Å². The molecule has 0 amide bonds. The Bertz CT molecular complexity index is 412. The third-order valence-corrected chi connectivity index (χ3v) is 4.92. The fourth-order valence-electron chi connectivity index (χ4n) is 3.48. The van der Waals surface area contributed by atoms with E-state index < -0.39 is 0 Å². The minimum atomic E-state index is 0.367. The molecule has 1 aromatic rings. The molecule has 2 rings (SSSR count). The molecule has 2 atom stereocenters. The van der Waals surface area contributed by atoms with Gasteiger partial charge in [0.1, 0.15) is 5.75 Å². The number of ether oxygens (including phenoxy) is 1.